The number of thioether (sulfide) groups is 1. The van der Waals surface area contributed by atoms with Gasteiger partial charge in [-0.25, -0.2) is 0 Å². The lowest BCUT2D eigenvalue weighted by atomic mass is 9.71. The second-order valence-electron chi connectivity index (χ2n) is 18.1. The molecule has 0 aliphatic carbocycles. The van der Waals surface area contributed by atoms with E-state index in [1.807, 2.05) is 11.8 Å². The van der Waals surface area contributed by atoms with Gasteiger partial charge in [0.15, 0.2) is 11.6 Å². The molecular formula is C47H82O14S. The highest BCUT2D eigenvalue weighted by atomic mass is 32.2. The van der Waals surface area contributed by atoms with Gasteiger partial charge >= 0.3 is 18.1 Å². The Morgan fingerprint density at radius 3 is 1.58 bits per heavy atom. The third kappa shape index (κ3) is 40.0. The molecule has 62 heavy (non-hydrogen) atoms. The lowest BCUT2D eigenvalue weighted by Crippen LogP contribution is -2.35. The highest BCUT2D eigenvalue weighted by Gasteiger charge is 2.32. The first-order valence-corrected chi connectivity index (χ1v) is 23.8. The van der Waals surface area contributed by atoms with Crippen LogP contribution < -0.4 is 0 Å². The molecule has 0 rings (SSSR count). The first-order chi connectivity index (χ1) is 29.2. The van der Waals surface area contributed by atoms with Gasteiger partial charge in [0.2, 0.25) is 0 Å². The number of esters is 1. The lowest BCUT2D eigenvalue weighted by Gasteiger charge is -2.33. The van der Waals surface area contributed by atoms with E-state index >= 15 is 0 Å². The van der Waals surface area contributed by atoms with Crippen LogP contribution >= 0.6 is 11.8 Å². The summed E-state index contributed by atoms with van der Waals surface area (Å²) >= 11 is 2.02. The second-order valence-corrected chi connectivity index (χ2v) is 19.3. The highest BCUT2D eigenvalue weighted by molar-refractivity contribution is 7.99. The van der Waals surface area contributed by atoms with Gasteiger partial charge in [0.25, 0.3) is 0 Å². The van der Waals surface area contributed by atoms with Crippen LogP contribution in [0.4, 0.5) is 0 Å². The summed E-state index contributed by atoms with van der Waals surface area (Å²) in [4.78, 5) is 88.9. The van der Waals surface area contributed by atoms with E-state index in [4.69, 9.17) is 38.4 Å². The van der Waals surface area contributed by atoms with Gasteiger partial charge in [-0.15, -0.1) is 0 Å². The molecule has 0 saturated heterocycles. The first-order valence-electron chi connectivity index (χ1n) is 22.7. The monoisotopic (exact) mass is 903 g/mol. The van der Waals surface area contributed by atoms with Crippen LogP contribution in [-0.2, 0) is 62.0 Å². The minimum absolute atomic E-state index is 0.0822. The molecule has 14 nitrogen and oxygen atoms in total. The SMILES string of the molecule is CC(C)C(CC(=O)CCCCCCCSCCCCCC(=O)CCCCOCCOCCOCCC(=O)COCC(=O)C(CCC(=O)O)C(=O)OC(C)(C)C)C(C)(C)C.O=C=O. The Morgan fingerprint density at radius 2 is 1.05 bits per heavy atom. The van der Waals surface area contributed by atoms with E-state index in [0.717, 1.165) is 63.5 Å². The molecule has 1 N–H and O–H groups in total. The highest BCUT2D eigenvalue weighted by Crippen LogP contribution is 2.35. The predicted molar refractivity (Wildman–Crippen MR) is 239 cm³/mol. The number of hydrogen-bond donors (Lipinski definition) is 1. The number of hydrogen-bond acceptors (Lipinski definition) is 14. The maximum Gasteiger partial charge on any atom is 0.373 e. The first kappa shape index (κ1) is 61.3. The van der Waals surface area contributed by atoms with Crippen LogP contribution in [0.25, 0.3) is 0 Å². The quantitative estimate of drug-likeness (QED) is 0.0348. The van der Waals surface area contributed by atoms with Gasteiger partial charge in [0, 0.05) is 45.1 Å². The Kier molecular flexibility index (Phi) is 38.2. The topological polar surface area (TPSA) is 203 Å². The van der Waals surface area contributed by atoms with Crippen LogP contribution in [0.3, 0.4) is 0 Å². The van der Waals surface area contributed by atoms with Crippen LogP contribution in [0, 0.1) is 23.2 Å². The summed E-state index contributed by atoms with van der Waals surface area (Å²) in [6, 6.07) is 0. The Balaban J connectivity index is 0. The molecule has 2 unspecified atom stereocenters. The number of carbonyl (C=O) groups is 6. The van der Waals surface area contributed by atoms with Crippen molar-refractivity contribution in [3.05, 3.63) is 0 Å². The van der Waals surface area contributed by atoms with E-state index < -0.39 is 35.8 Å². The minimum Gasteiger partial charge on any atom is -0.481 e. The number of carboxylic acid groups (broad SMARTS) is 1. The normalized spacial score (nSPS) is 12.5. The maximum atomic E-state index is 12.5. The van der Waals surface area contributed by atoms with Crippen molar-refractivity contribution in [3.8, 4) is 0 Å². The molecule has 0 fully saturated rings. The average molecular weight is 903 g/mol. The standard InChI is InChI=1S/C46H82O12S.CO2/c1-36(2)41(45(3,4)5)33-38(48)21-13-10-9-11-17-31-59-32-18-12-14-19-37(47)20-15-16-25-54-27-29-56-30-28-55-26-24-39(49)34-57-35-42(50)40(22-23-43(51)52)44(53)58-46(6,7)8;2-1-3/h36,40-41H,9-35H2,1-8H3,(H,51,52);. The van der Waals surface area contributed by atoms with Crippen molar-refractivity contribution in [3.63, 3.8) is 0 Å². The van der Waals surface area contributed by atoms with E-state index in [9.17, 15) is 28.8 Å². The lowest BCUT2D eigenvalue weighted by molar-refractivity contribution is -0.192. The third-order valence-electron chi connectivity index (χ3n) is 9.85. The number of carboxylic acids is 1. The maximum absolute atomic E-state index is 12.5. The zero-order chi connectivity index (χ0) is 47.2. The fourth-order valence-corrected chi connectivity index (χ4v) is 7.64. The number of unbranched alkanes of at least 4 members (excludes halogenated alkanes) is 7. The van der Waals surface area contributed by atoms with Crippen molar-refractivity contribution in [1.82, 2.24) is 0 Å². The van der Waals surface area contributed by atoms with Crippen molar-refractivity contribution in [2.45, 2.75) is 170 Å². The summed E-state index contributed by atoms with van der Waals surface area (Å²) < 4.78 is 26.9. The molecule has 0 aliphatic rings. The van der Waals surface area contributed by atoms with Crippen molar-refractivity contribution in [1.29, 1.82) is 0 Å². The summed E-state index contributed by atoms with van der Waals surface area (Å²) in [6.07, 6.45) is 13.2. The number of carbonyl (C=O) groups excluding carboxylic acids is 7. The van der Waals surface area contributed by atoms with Crippen LogP contribution in [-0.4, -0.2) is 116 Å². The van der Waals surface area contributed by atoms with Crippen molar-refractivity contribution < 1.29 is 67.1 Å². The Labute approximate surface area is 376 Å². The van der Waals surface area contributed by atoms with E-state index in [1.54, 1.807) is 20.8 Å². The number of ketones is 4. The van der Waals surface area contributed by atoms with Gasteiger partial charge in [-0.1, -0.05) is 60.3 Å². The van der Waals surface area contributed by atoms with Crippen molar-refractivity contribution in [2.75, 3.05) is 64.4 Å². The van der Waals surface area contributed by atoms with Crippen molar-refractivity contribution in [2.24, 2.45) is 23.2 Å². The zero-order valence-electron chi connectivity index (χ0n) is 39.5. The fourth-order valence-electron chi connectivity index (χ4n) is 6.62. The van der Waals surface area contributed by atoms with E-state index in [0.29, 0.717) is 69.3 Å². The number of rotatable bonds is 40. The molecule has 0 aromatic rings. The summed E-state index contributed by atoms with van der Waals surface area (Å²) in [5.41, 5.74) is -0.659. The van der Waals surface area contributed by atoms with Crippen LogP contribution in [0.15, 0.2) is 0 Å². The molecule has 0 aromatic heterocycles. The molecule has 0 amide bonds. The van der Waals surface area contributed by atoms with E-state index in [2.05, 4.69) is 34.6 Å². The van der Waals surface area contributed by atoms with Crippen LogP contribution in [0.5, 0.6) is 0 Å². The van der Waals surface area contributed by atoms with Gasteiger partial charge in [0.05, 0.1) is 33.0 Å². The third-order valence-corrected chi connectivity index (χ3v) is 11.0. The molecule has 0 saturated carbocycles. The minimum atomic E-state index is -1.28. The molecule has 0 aliphatic heterocycles. The molecule has 0 aromatic carbocycles. The number of ether oxygens (including phenoxy) is 5. The summed E-state index contributed by atoms with van der Waals surface area (Å²) in [5.74, 6) is -0.0298. The molecule has 0 bridgehead atoms. The fraction of sp³-hybridized carbons (Fsp3) is 0.851. The van der Waals surface area contributed by atoms with Gasteiger partial charge in [0.1, 0.15) is 36.3 Å². The van der Waals surface area contributed by atoms with E-state index in [1.165, 1.54) is 25.0 Å². The summed E-state index contributed by atoms with van der Waals surface area (Å²) in [7, 11) is 0. The second kappa shape index (κ2) is 38.6. The average Bonchev–Trinajstić information content (AvgIpc) is 3.16. The van der Waals surface area contributed by atoms with Gasteiger partial charge in [-0.3, -0.25) is 28.8 Å². The summed E-state index contributed by atoms with van der Waals surface area (Å²) in [5, 5.41) is 8.94. The molecule has 15 heteroatoms. The molecule has 0 heterocycles. The van der Waals surface area contributed by atoms with Gasteiger partial charge < -0.3 is 28.8 Å². The Hall–Kier alpha value is -2.81. The number of Topliss-reactive ketones (excluding diaryl/α,β-unsaturated/α-hetero) is 4. The zero-order valence-corrected chi connectivity index (χ0v) is 40.3. The predicted octanol–water partition coefficient (Wildman–Crippen LogP) is 8.47. The summed E-state index contributed by atoms with van der Waals surface area (Å²) in [6.45, 7) is 17.6. The number of aliphatic carboxylic acids is 1. The smallest absolute Gasteiger partial charge is 0.373 e. The van der Waals surface area contributed by atoms with E-state index in [-0.39, 0.29) is 49.8 Å². The molecule has 2 atom stereocenters. The largest absolute Gasteiger partial charge is 0.481 e. The molecule has 360 valence electrons. The molecule has 0 spiro atoms. The van der Waals surface area contributed by atoms with Crippen LogP contribution in [0.2, 0.25) is 0 Å². The Bertz CT molecular complexity index is 1260. The molecular weight excluding hydrogens is 821 g/mol. The molecule has 0 radical (unpaired) electrons. The van der Waals surface area contributed by atoms with Crippen LogP contribution in [0.1, 0.15) is 165 Å². The van der Waals surface area contributed by atoms with Gasteiger partial charge in [-0.05, 0) is 94.5 Å². The Morgan fingerprint density at radius 1 is 0.565 bits per heavy atom. The van der Waals surface area contributed by atoms with Crippen molar-refractivity contribution >= 4 is 53.0 Å². The van der Waals surface area contributed by atoms with Gasteiger partial charge in [-0.2, -0.15) is 21.4 Å².